The first-order valence-corrected chi connectivity index (χ1v) is 8.15. The second-order valence-electron chi connectivity index (χ2n) is 5.23. The Morgan fingerprint density at radius 3 is 2.60 bits per heavy atom. The summed E-state index contributed by atoms with van der Waals surface area (Å²) < 4.78 is 6.43. The second kappa shape index (κ2) is 7.63. The number of hydrogen-bond donors (Lipinski definition) is 0. The molecular formula is C17H21BrO2. The van der Waals surface area contributed by atoms with Gasteiger partial charge in [-0.1, -0.05) is 72.4 Å². The summed E-state index contributed by atoms with van der Waals surface area (Å²) in [6.45, 7) is 2.20. The number of carbonyl (C=O) groups is 1. The Morgan fingerprint density at radius 2 is 1.90 bits per heavy atom. The smallest absolute Gasteiger partial charge is 0.335 e. The number of ether oxygens (including phenoxy) is 1. The highest BCUT2D eigenvalue weighted by molar-refractivity contribution is 9.11. The van der Waals surface area contributed by atoms with Gasteiger partial charge in [0.1, 0.15) is 6.10 Å². The van der Waals surface area contributed by atoms with E-state index in [1.54, 1.807) is 0 Å². The number of unbranched alkanes of at least 4 members (excludes halogenated alkanes) is 3. The minimum Gasteiger partial charge on any atom is -0.454 e. The first-order chi connectivity index (χ1) is 9.72. The van der Waals surface area contributed by atoms with Crippen LogP contribution < -0.4 is 0 Å². The van der Waals surface area contributed by atoms with Crippen LogP contribution in [-0.4, -0.2) is 12.1 Å². The van der Waals surface area contributed by atoms with Gasteiger partial charge in [-0.25, -0.2) is 4.79 Å². The van der Waals surface area contributed by atoms with Gasteiger partial charge in [-0.05, 0) is 18.4 Å². The molecule has 0 fully saturated rings. The summed E-state index contributed by atoms with van der Waals surface area (Å²) in [5, 5.41) is 0. The van der Waals surface area contributed by atoms with Gasteiger partial charge in [0, 0.05) is 10.9 Å². The standard InChI is InChI=1S/C17H21BrO2/c1-2-3-4-8-11-15-16(18)14(17(19)20-15)12-13-9-6-5-7-10-13/h5-7,9-10,15H,2-4,8,11-12H2,1H3. The lowest BCUT2D eigenvalue weighted by atomic mass is 10.0. The van der Waals surface area contributed by atoms with Crippen LogP contribution in [0.1, 0.15) is 44.6 Å². The van der Waals surface area contributed by atoms with Crippen molar-refractivity contribution < 1.29 is 9.53 Å². The lowest BCUT2D eigenvalue weighted by molar-refractivity contribution is -0.139. The van der Waals surface area contributed by atoms with Crippen LogP contribution in [0.2, 0.25) is 0 Å². The van der Waals surface area contributed by atoms with Gasteiger partial charge >= 0.3 is 5.97 Å². The van der Waals surface area contributed by atoms with Crippen LogP contribution in [0.25, 0.3) is 0 Å². The highest BCUT2D eigenvalue weighted by Crippen LogP contribution is 2.32. The SMILES string of the molecule is CCCCCCC1OC(=O)C(Cc2ccccc2)=C1Br. The van der Waals surface area contributed by atoms with Crippen LogP contribution in [0.5, 0.6) is 0 Å². The van der Waals surface area contributed by atoms with Crippen molar-refractivity contribution in [2.75, 3.05) is 0 Å². The van der Waals surface area contributed by atoms with Crippen molar-refractivity contribution in [2.45, 2.75) is 51.6 Å². The number of benzene rings is 1. The first-order valence-electron chi connectivity index (χ1n) is 7.35. The molecule has 0 radical (unpaired) electrons. The van der Waals surface area contributed by atoms with Crippen molar-refractivity contribution in [3.8, 4) is 0 Å². The van der Waals surface area contributed by atoms with E-state index in [-0.39, 0.29) is 12.1 Å². The Bertz CT molecular complexity index is 479. The molecule has 0 N–H and O–H groups in total. The van der Waals surface area contributed by atoms with E-state index in [0.717, 1.165) is 28.5 Å². The summed E-state index contributed by atoms with van der Waals surface area (Å²) in [7, 11) is 0. The molecule has 2 rings (SSSR count). The van der Waals surface area contributed by atoms with Crippen LogP contribution in [0, 0.1) is 0 Å². The van der Waals surface area contributed by atoms with Crippen molar-refractivity contribution >= 4 is 21.9 Å². The molecule has 1 unspecified atom stereocenters. The summed E-state index contributed by atoms with van der Waals surface area (Å²) in [4.78, 5) is 12.0. The lowest BCUT2D eigenvalue weighted by Gasteiger charge is -2.09. The maximum Gasteiger partial charge on any atom is 0.335 e. The average molecular weight is 337 g/mol. The van der Waals surface area contributed by atoms with Crippen molar-refractivity contribution in [2.24, 2.45) is 0 Å². The molecule has 0 bridgehead atoms. The number of hydrogen-bond acceptors (Lipinski definition) is 2. The fraction of sp³-hybridized carbons (Fsp3) is 0.471. The van der Waals surface area contributed by atoms with Gasteiger partial charge in [-0.3, -0.25) is 0 Å². The zero-order valence-electron chi connectivity index (χ0n) is 11.9. The van der Waals surface area contributed by atoms with Gasteiger partial charge in [0.2, 0.25) is 0 Å². The first kappa shape index (κ1) is 15.3. The predicted molar refractivity (Wildman–Crippen MR) is 84.7 cm³/mol. The fourth-order valence-electron chi connectivity index (χ4n) is 2.44. The third kappa shape index (κ3) is 3.95. The molecule has 20 heavy (non-hydrogen) atoms. The van der Waals surface area contributed by atoms with Gasteiger partial charge in [0.25, 0.3) is 0 Å². The molecule has 0 saturated carbocycles. The molecule has 0 aliphatic carbocycles. The molecule has 1 heterocycles. The molecule has 1 atom stereocenters. The Hall–Kier alpha value is -1.09. The molecule has 1 aliphatic heterocycles. The minimum atomic E-state index is -0.166. The molecule has 0 saturated heterocycles. The second-order valence-corrected chi connectivity index (χ2v) is 6.09. The Morgan fingerprint density at radius 1 is 1.15 bits per heavy atom. The predicted octanol–water partition coefficient (Wildman–Crippen LogP) is 4.77. The summed E-state index contributed by atoms with van der Waals surface area (Å²) in [6.07, 6.45) is 6.28. The minimum absolute atomic E-state index is 0.0712. The largest absolute Gasteiger partial charge is 0.454 e. The highest BCUT2D eigenvalue weighted by Gasteiger charge is 2.31. The van der Waals surface area contributed by atoms with E-state index in [1.807, 2.05) is 30.3 Å². The summed E-state index contributed by atoms with van der Waals surface area (Å²) in [6, 6.07) is 10.0. The Labute approximate surface area is 129 Å². The van der Waals surface area contributed by atoms with Crippen LogP contribution >= 0.6 is 15.9 Å². The van der Waals surface area contributed by atoms with E-state index in [1.165, 1.54) is 19.3 Å². The molecular weight excluding hydrogens is 316 g/mol. The third-order valence-corrected chi connectivity index (χ3v) is 4.60. The summed E-state index contributed by atoms with van der Waals surface area (Å²) >= 11 is 3.57. The van der Waals surface area contributed by atoms with Gasteiger partial charge in [-0.2, -0.15) is 0 Å². The van der Waals surface area contributed by atoms with E-state index >= 15 is 0 Å². The number of esters is 1. The number of rotatable bonds is 7. The molecule has 108 valence electrons. The van der Waals surface area contributed by atoms with Gasteiger partial charge < -0.3 is 4.74 Å². The maximum atomic E-state index is 12.0. The normalized spacial score (nSPS) is 18.5. The maximum absolute atomic E-state index is 12.0. The van der Waals surface area contributed by atoms with Crippen LogP contribution in [0.3, 0.4) is 0 Å². The van der Waals surface area contributed by atoms with E-state index < -0.39 is 0 Å². The van der Waals surface area contributed by atoms with Gasteiger partial charge in [0.05, 0.1) is 5.57 Å². The number of halogens is 1. The molecule has 0 aromatic heterocycles. The average Bonchev–Trinajstić information content (AvgIpc) is 2.72. The van der Waals surface area contributed by atoms with Crippen molar-refractivity contribution in [3.63, 3.8) is 0 Å². The van der Waals surface area contributed by atoms with Gasteiger partial charge in [0.15, 0.2) is 0 Å². The fourth-order valence-corrected chi connectivity index (χ4v) is 3.07. The molecule has 3 heteroatoms. The molecule has 0 spiro atoms. The highest BCUT2D eigenvalue weighted by atomic mass is 79.9. The van der Waals surface area contributed by atoms with Crippen LogP contribution in [0.4, 0.5) is 0 Å². The number of cyclic esters (lactones) is 1. The molecule has 2 nitrogen and oxygen atoms in total. The zero-order valence-corrected chi connectivity index (χ0v) is 13.5. The van der Waals surface area contributed by atoms with Gasteiger partial charge in [-0.15, -0.1) is 0 Å². The van der Waals surface area contributed by atoms with Crippen molar-refractivity contribution in [1.29, 1.82) is 0 Å². The quantitative estimate of drug-likeness (QED) is 0.529. The molecule has 1 aromatic rings. The zero-order chi connectivity index (χ0) is 14.4. The molecule has 1 aromatic carbocycles. The third-order valence-electron chi connectivity index (χ3n) is 3.61. The van der Waals surface area contributed by atoms with E-state index in [0.29, 0.717) is 6.42 Å². The Balaban J connectivity index is 1.96. The summed E-state index contributed by atoms with van der Waals surface area (Å²) in [5.41, 5.74) is 1.92. The summed E-state index contributed by atoms with van der Waals surface area (Å²) in [5.74, 6) is -0.166. The van der Waals surface area contributed by atoms with E-state index in [2.05, 4.69) is 22.9 Å². The lowest BCUT2D eigenvalue weighted by Crippen LogP contribution is -2.09. The van der Waals surface area contributed by atoms with E-state index in [9.17, 15) is 4.79 Å². The van der Waals surface area contributed by atoms with Crippen molar-refractivity contribution in [3.05, 3.63) is 46.0 Å². The topological polar surface area (TPSA) is 26.3 Å². The monoisotopic (exact) mass is 336 g/mol. The molecule has 0 amide bonds. The van der Waals surface area contributed by atoms with Crippen LogP contribution in [0.15, 0.2) is 40.4 Å². The molecule has 1 aliphatic rings. The Kier molecular flexibility index (Phi) is 5.84. The number of carbonyl (C=O) groups excluding carboxylic acids is 1. The van der Waals surface area contributed by atoms with Crippen molar-refractivity contribution in [1.82, 2.24) is 0 Å². The van der Waals surface area contributed by atoms with Crippen LogP contribution in [-0.2, 0) is 16.0 Å². The van der Waals surface area contributed by atoms with E-state index in [4.69, 9.17) is 4.74 Å².